The summed E-state index contributed by atoms with van der Waals surface area (Å²) in [7, 11) is 0. The van der Waals surface area contributed by atoms with Gasteiger partial charge in [-0.25, -0.2) is 4.98 Å². The molecule has 67 heavy (non-hydrogen) atoms. The molecule has 0 aliphatic rings. The molecule has 11 rings (SSSR count). The van der Waals surface area contributed by atoms with E-state index in [4.69, 9.17) is 4.98 Å². The first-order chi connectivity index (χ1) is 32.1. The molecule has 6 heteroatoms. The third-order valence-electron chi connectivity index (χ3n) is 13.9. The molecule has 0 atom stereocenters. The minimum atomic E-state index is -0.0904. The fourth-order valence-electron chi connectivity index (χ4n) is 10.3. The van der Waals surface area contributed by atoms with Gasteiger partial charge in [-0.3, -0.25) is 4.57 Å². The zero-order valence-electron chi connectivity index (χ0n) is 39.6. The lowest BCUT2D eigenvalue weighted by Gasteiger charge is -2.24. The van der Waals surface area contributed by atoms with E-state index in [0.717, 1.165) is 82.4 Å². The second-order valence-corrected chi connectivity index (χ2v) is 21.1. The van der Waals surface area contributed by atoms with Crippen LogP contribution in [0, 0.1) is 22.7 Å². The minimum absolute atomic E-state index is 0.0695. The van der Waals surface area contributed by atoms with Gasteiger partial charge in [0.15, 0.2) is 5.82 Å². The monoisotopic (exact) mass is 868 g/mol. The van der Waals surface area contributed by atoms with Gasteiger partial charge in [-0.15, -0.1) is 0 Å². The highest BCUT2D eigenvalue weighted by atomic mass is 15.1. The second-order valence-electron chi connectivity index (χ2n) is 21.1. The van der Waals surface area contributed by atoms with Gasteiger partial charge in [-0.1, -0.05) is 147 Å². The van der Waals surface area contributed by atoms with Gasteiger partial charge in [0.25, 0.3) is 0 Å². The molecule has 0 N–H and O–H groups in total. The summed E-state index contributed by atoms with van der Waals surface area (Å²) in [6.45, 7) is 20.3. The molecule has 0 saturated carbocycles. The van der Waals surface area contributed by atoms with Crippen LogP contribution in [0.2, 0.25) is 0 Å². The van der Waals surface area contributed by atoms with Gasteiger partial charge in [-0.2, -0.15) is 10.5 Å². The molecule has 4 heterocycles. The van der Waals surface area contributed by atoms with E-state index in [1.165, 1.54) is 16.7 Å². The number of aromatic nitrogens is 4. The molecule has 4 aromatic heterocycles. The minimum Gasteiger partial charge on any atom is -0.307 e. The standard InChI is InChI=1S/C61H52N6/c1-59(2,3)38-25-28-52-45(31-38)41-18-10-13-22-49(41)65(52)55-36-64-58(67-51-24-15-12-20-43(51)47-33-40(61(7,8)9)27-30-54(47)67)57(56(55)44-21-16-17-37(34-62)48(44)35-63)66-50-23-14-11-19-42(50)46-32-39(60(4,5)6)26-29-53(46)66/h10-33,36H,1-9H3. The van der Waals surface area contributed by atoms with Crippen molar-refractivity contribution in [1.82, 2.24) is 18.7 Å². The topological polar surface area (TPSA) is 75.3 Å². The van der Waals surface area contributed by atoms with E-state index in [0.29, 0.717) is 22.5 Å². The fourth-order valence-corrected chi connectivity index (χ4v) is 10.3. The van der Waals surface area contributed by atoms with Crippen LogP contribution in [-0.2, 0) is 16.2 Å². The summed E-state index contributed by atoms with van der Waals surface area (Å²) in [4.78, 5) is 5.70. The Morgan fingerprint density at radius 3 is 1.30 bits per heavy atom. The van der Waals surface area contributed by atoms with E-state index in [1.807, 2.05) is 18.3 Å². The lowest BCUT2D eigenvalue weighted by Crippen LogP contribution is -2.13. The Kier molecular flexibility index (Phi) is 9.22. The van der Waals surface area contributed by atoms with Gasteiger partial charge in [0.1, 0.15) is 12.1 Å². The van der Waals surface area contributed by atoms with Gasteiger partial charge >= 0.3 is 0 Å². The molecule has 6 nitrogen and oxygen atoms in total. The number of fused-ring (bicyclic) bond motifs is 9. The summed E-state index contributed by atoms with van der Waals surface area (Å²) in [5.74, 6) is 0.707. The number of nitriles is 2. The zero-order chi connectivity index (χ0) is 46.7. The van der Waals surface area contributed by atoms with Crippen LogP contribution in [0.5, 0.6) is 0 Å². The molecule has 0 spiro atoms. The number of hydrogen-bond donors (Lipinski definition) is 0. The van der Waals surface area contributed by atoms with E-state index < -0.39 is 0 Å². The molecule has 0 aliphatic heterocycles. The molecule has 326 valence electrons. The van der Waals surface area contributed by atoms with Crippen molar-refractivity contribution in [2.24, 2.45) is 0 Å². The van der Waals surface area contributed by atoms with Crippen molar-refractivity contribution in [3.8, 4) is 40.5 Å². The van der Waals surface area contributed by atoms with Crippen molar-refractivity contribution in [3.63, 3.8) is 0 Å². The van der Waals surface area contributed by atoms with Crippen molar-refractivity contribution in [2.45, 2.75) is 78.6 Å². The zero-order valence-corrected chi connectivity index (χ0v) is 39.6. The normalized spacial score (nSPS) is 12.5. The Hall–Kier alpha value is -7.93. The van der Waals surface area contributed by atoms with Crippen LogP contribution in [0.1, 0.15) is 90.1 Å². The highest BCUT2D eigenvalue weighted by molar-refractivity contribution is 6.14. The Bertz CT molecular complexity index is 3950. The summed E-state index contributed by atoms with van der Waals surface area (Å²) in [6, 6.07) is 56.8. The third kappa shape index (κ3) is 6.39. The summed E-state index contributed by atoms with van der Waals surface area (Å²) in [5.41, 5.74) is 13.3. The maximum Gasteiger partial charge on any atom is 0.162 e. The first-order valence-corrected chi connectivity index (χ1v) is 23.2. The molecule has 0 unspecified atom stereocenters. The summed E-state index contributed by atoms with van der Waals surface area (Å²) in [5, 5.41) is 28.7. The van der Waals surface area contributed by atoms with Crippen LogP contribution >= 0.6 is 0 Å². The maximum atomic E-state index is 11.2. The highest BCUT2D eigenvalue weighted by Crippen LogP contribution is 2.47. The largest absolute Gasteiger partial charge is 0.307 e. The lowest BCUT2D eigenvalue weighted by molar-refractivity contribution is 0.591. The van der Waals surface area contributed by atoms with Crippen LogP contribution < -0.4 is 0 Å². The van der Waals surface area contributed by atoms with Crippen LogP contribution in [0.25, 0.3) is 93.7 Å². The number of rotatable bonds is 4. The summed E-state index contributed by atoms with van der Waals surface area (Å²) in [6.07, 6.45) is 1.99. The van der Waals surface area contributed by atoms with E-state index in [-0.39, 0.29) is 16.2 Å². The predicted octanol–water partition coefficient (Wildman–Crippen LogP) is 15.7. The van der Waals surface area contributed by atoms with Gasteiger partial charge in [-0.05, 0) is 93.6 Å². The predicted molar refractivity (Wildman–Crippen MR) is 278 cm³/mol. The van der Waals surface area contributed by atoms with E-state index >= 15 is 0 Å². The maximum absolute atomic E-state index is 11.2. The number of benzene rings is 7. The molecule has 0 radical (unpaired) electrons. The Labute approximate surface area is 391 Å². The van der Waals surface area contributed by atoms with Crippen LogP contribution in [0.3, 0.4) is 0 Å². The second kappa shape index (κ2) is 14.8. The Morgan fingerprint density at radius 1 is 0.418 bits per heavy atom. The quantitative estimate of drug-likeness (QED) is 0.177. The molecule has 0 amide bonds. The fraction of sp³-hybridized carbons (Fsp3) is 0.197. The van der Waals surface area contributed by atoms with Crippen LogP contribution in [0.4, 0.5) is 0 Å². The first kappa shape index (κ1) is 41.8. The van der Waals surface area contributed by atoms with Crippen molar-refractivity contribution in [1.29, 1.82) is 10.5 Å². The number of nitrogens with zero attached hydrogens (tertiary/aromatic N) is 6. The molecule has 11 aromatic rings. The Balaban J connectivity index is 1.41. The van der Waals surface area contributed by atoms with Crippen molar-refractivity contribution >= 4 is 65.4 Å². The SMILES string of the molecule is CC(C)(C)c1ccc2c(c1)c1ccccc1n2-c1cnc(-n2c3ccccc3c3cc(C(C)(C)C)ccc32)c(-n2c3ccccc3c3cc(C(C)(C)C)ccc32)c1-c1cccc(C#N)c1C#N. The van der Waals surface area contributed by atoms with Gasteiger partial charge in [0.2, 0.25) is 0 Å². The van der Waals surface area contributed by atoms with Crippen LogP contribution in [0.15, 0.2) is 152 Å². The molecular formula is C61H52N6. The average Bonchev–Trinajstić information content (AvgIpc) is 3.95. The van der Waals surface area contributed by atoms with Crippen molar-refractivity contribution in [3.05, 3.63) is 180 Å². The number of pyridine rings is 1. The van der Waals surface area contributed by atoms with Crippen molar-refractivity contribution < 1.29 is 0 Å². The van der Waals surface area contributed by atoms with E-state index in [1.54, 1.807) is 6.07 Å². The third-order valence-corrected chi connectivity index (χ3v) is 13.9. The number of para-hydroxylation sites is 3. The Morgan fingerprint density at radius 2 is 0.836 bits per heavy atom. The highest BCUT2D eigenvalue weighted by Gasteiger charge is 2.31. The average molecular weight is 869 g/mol. The van der Waals surface area contributed by atoms with Gasteiger partial charge in [0, 0.05) is 43.4 Å². The number of hydrogen-bond acceptors (Lipinski definition) is 3. The molecule has 7 aromatic carbocycles. The molecule has 0 aliphatic carbocycles. The first-order valence-electron chi connectivity index (χ1n) is 23.2. The van der Waals surface area contributed by atoms with E-state index in [2.05, 4.69) is 216 Å². The van der Waals surface area contributed by atoms with Crippen molar-refractivity contribution in [2.75, 3.05) is 0 Å². The van der Waals surface area contributed by atoms with E-state index in [9.17, 15) is 10.5 Å². The van der Waals surface area contributed by atoms with Gasteiger partial charge < -0.3 is 9.13 Å². The molecule has 0 saturated heterocycles. The smallest absolute Gasteiger partial charge is 0.162 e. The lowest BCUT2D eigenvalue weighted by atomic mass is 9.86. The molecular weight excluding hydrogens is 817 g/mol. The molecule has 0 fully saturated rings. The van der Waals surface area contributed by atoms with Crippen LogP contribution in [-0.4, -0.2) is 18.7 Å². The summed E-state index contributed by atoms with van der Waals surface area (Å²) < 4.78 is 7.00. The summed E-state index contributed by atoms with van der Waals surface area (Å²) >= 11 is 0. The van der Waals surface area contributed by atoms with Gasteiger partial charge in [0.05, 0.1) is 61.8 Å². The molecule has 0 bridgehead atoms.